The molecule has 1 aromatic carbocycles. The van der Waals surface area contributed by atoms with E-state index in [4.69, 9.17) is 4.74 Å². The molecule has 9 heteroatoms. The minimum atomic E-state index is -0.768. The number of nitrogens with zero attached hydrogens (tertiary/aromatic N) is 2. The van der Waals surface area contributed by atoms with Gasteiger partial charge in [-0.2, -0.15) is 0 Å². The van der Waals surface area contributed by atoms with Gasteiger partial charge in [0.25, 0.3) is 5.91 Å². The lowest BCUT2D eigenvalue weighted by Crippen LogP contribution is -2.35. The molecule has 0 aliphatic heterocycles. The molecule has 124 valence electrons. The van der Waals surface area contributed by atoms with Crippen LogP contribution in [0.1, 0.15) is 10.5 Å². The predicted octanol–water partition coefficient (Wildman–Crippen LogP) is 1.15. The van der Waals surface area contributed by atoms with Crippen molar-refractivity contribution < 1.29 is 19.1 Å². The molecule has 2 rings (SSSR count). The first kappa shape index (κ1) is 17.5. The Morgan fingerprint density at radius 3 is 2.62 bits per heavy atom. The molecule has 1 aromatic heterocycles. The van der Waals surface area contributed by atoms with Crippen molar-refractivity contribution in [1.29, 1.82) is 0 Å². The highest BCUT2D eigenvalue weighted by molar-refractivity contribution is 9.10. The Labute approximate surface area is 145 Å². The van der Waals surface area contributed by atoms with Crippen molar-refractivity contribution in [3.63, 3.8) is 0 Å². The van der Waals surface area contributed by atoms with Gasteiger partial charge < -0.3 is 15.4 Å². The predicted molar refractivity (Wildman–Crippen MR) is 88.1 cm³/mol. The van der Waals surface area contributed by atoms with E-state index in [1.807, 2.05) is 6.07 Å². The first-order valence-electron chi connectivity index (χ1n) is 6.80. The van der Waals surface area contributed by atoms with E-state index in [2.05, 4.69) is 36.5 Å². The summed E-state index contributed by atoms with van der Waals surface area (Å²) in [5.41, 5.74) is 0.586. The van der Waals surface area contributed by atoms with Crippen molar-refractivity contribution >= 4 is 39.4 Å². The Balaban J connectivity index is 1.72. The molecule has 2 amide bonds. The highest BCUT2D eigenvalue weighted by Gasteiger charge is 2.12. The van der Waals surface area contributed by atoms with Crippen LogP contribution >= 0.6 is 15.9 Å². The highest BCUT2D eigenvalue weighted by Crippen LogP contribution is 2.20. The lowest BCUT2D eigenvalue weighted by atomic mass is 10.3. The summed E-state index contributed by atoms with van der Waals surface area (Å²) in [4.78, 5) is 42.4. The van der Waals surface area contributed by atoms with Gasteiger partial charge in [0.05, 0.1) is 18.4 Å². The molecule has 0 saturated heterocycles. The average molecular weight is 393 g/mol. The summed E-state index contributed by atoms with van der Waals surface area (Å²) in [6.07, 6.45) is 3.97. The Kier molecular flexibility index (Phi) is 6.38. The fourth-order valence-electron chi connectivity index (χ4n) is 1.60. The number of hydrogen-bond acceptors (Lipinski definition) is 6. The van der Waals surface area contributed by atoms with Crippen molar-refractivity contribution in [2.45, 2.75) is 0 Å². The third-order valence-corrected chi connectivity index (χ3v) is 3.39. The van der Waals surface area contributed by atoms with Gasteiger partial charge in [-0.3, -0.25) is 14.6 Å². The zero-order valence-electron chi connectivity index (χ0n) is 12.4. The number of anilines is 1. The second kappa shape index (κ2) is 8.73. The molecule has 24 heavy (non-hydrogen) atoms. The van der Waals surface area contributed by atoms with Crippen LogP contribution in [0.4, 0.5) is 5.69 Å². The first-order chi connectivity index (χ1) is 11.6. The van der Waals surface area contributed by atoms with Gasteiger partial charge in [0, 0.05) is 16.9 Å². The van der Waals surface area contributed by atoms with Crippen LogP contribution in [0, 0.1) is 0 Å². The summed E-state index contributed by atoms with van der Waals surface area (Å²) in [5.74, 6) is -1.78. The molecule has 0 saturated carbocycles. The molecule has 0 atom stereocenters. The Bertz CT molecular complexity index is 739. The van der Waals surface area contributed by atoms with Gasteiger partial charge in [-0.15, -0.1) is 0 Å². The van der Waals surface area contributed by atoms with Gasteiger partial charge >= 0.3 is 5.97 Å². The third-order valence-electron chi connectivity index (χ3n) is 2.70. The fourth-order valence-corrected chi connectivity index (χ4v) is 1.98. The number of carbonyl (C=O) groups excluding carboxylic acids is 3. The van der Waals surface area contributed by atoms with Crippen LogP contribution in [0.15, 0.2) is 47.3 Å². The van der Waals surface area contributed by atoms with Gasteiger partial charge in [0.2, 0.25) is 5.91 Å². The van der Waals surface area contributed by atoms with E-state index in [1.165, 1.54) is 18.6 Å². The van der Waals surface area contributed by atoms with Crippen LogP contribution in [-0.4, -0.2) is 40.9 Å². The summed E-state index contributed by atoms with van der Waals surface area (Å²) in [7, 11) is 0. The molecule has 8 nitrogen and oxygen atoms in total. The van der Waals surface area contributed by atoms with Crippen LogP contribution in [0.3, 0.4) is 0 Å². The molecule has 0 fully saturated rings. The maximum Gasteiger partial charge on any atom is 0.359 e. The molecule has 0 spiro atoms. The molecule has 2 aromatic rings. The number of nitrogens with one attached hydrogen (secondary N) is 2. The normalized spacial score (nSPS) is 9.88. The standard InChI is InChI=1S/C15H13BrN4O4/c16-10-3-1-2-4-11(10)20-13(21)8-19-14(22)9-24-15(23)12-7-17-5-6-18-12/h1-7H,8-9H2,(H,19,22)(H,20,21). The van der Waals surface area contributed by atoms with E-state index in [9.17, 15) is 14.4 Å². The molecule has 0 aliphatic carbocycles. The van der Waals surface area contributed by atoms with Crippen molar-refractivity contribution in [3.05, 3.63) is 53.0 Å². The van der Waals surface area contributed by atoms with Crippen molar-refractivity contribution in [2.24, 2.45) is 0 Å². The number of amides is 2. The Morgan fingerprint density at radius 1 is 1.12 bits per heavy atom. The van der Waals surface area contributed by atoms with E-state index >= 15 is 0 Å². The van der Waals surface area contributed by atoms with Crippen LogP contribution in [0.2, 0.25) is 0 Å². The van der Waals surface area contributed by atoms with E-state index in [1.54, 1.807) is 18.2 Å². The molecular weight excluding hydrogens is 380 g/mol. The van der Waals surface area contributed by atoms with E-state index < -0.39 is 24.4 Å². The van der Waals surface area contributed by atoms with E-state index in [0.717, 1.165) is 4.47 Å². The minimum Gasteiger partial charge on any atom is -0.451 e. The van der Waals surface area contributed by atoms with Crippen molar-refractivity contribution in [1.82, 2.24) is 15.3 Å². The second-order valence-corrected chi connectivity index (χ2v) is 5.33. The van der Waals surface area contributed by atoms with Gasteiger partial charge in [0.15, 0.2) is 12.3 Å². The number of ether oxygens (including phenoxy) is 1. The lowest BCUT2D eigenvalue weighted by molar-refractivity contribution is -0.126. The average Bonchev–Trinajstić information content (AvgIpc) is 2.60. The summed E-state index contributed by atoms with van der Waals surface area (Å²) in [6.45, 7) is -0.763. The number of aromatic nitrogens is 2. The lowest BCUT2D eigenvalue weighted by Gasteiger charge is -2.08. The number of benzene rings is 1. The fraction of sp³-hybridized carbons (Fsp3) is 0.133. The number of rotatable bonds is 6. The van der Waals surface area contributed by atoms with E-state index in [0.29, 0.717) is 5.69 Å². The number of para-hydroxylation sites is 1. The second-order valence-electron chi connectivity index (χ2n) is 4.47. The molecule has 2 N–H and O–H groups in total. The first-order valence-corrected chi connectivity index (χ1v) is 7.60. The largest absolute Gasteiger partial charge is 0.451 e. The summed E-state index contributed by atoms with van der Waals surface area (Å²) < 4.78 is 5.49. The van der Waals surface area contributed by atoms with Crippen molar-refractivity contribution in [2.75, 3.05) is 18.5 Å². The maximum absolute atomic E-state index is 11.8. The Morgan fingerprint density at radius 2 is 1.92 bits per heavy atom. The smallest absolute Gasteiger partial charge is 0.359 e. The van der Waals surface area contributed by atoms with Crippen LogP contribution in [0.5, 0.6) is 0 Å². The monoisotopic (exact) mass is 392 g/mol. The molecule has 0 radical (unpaired) electrons. The number of esters is 1. The molecule has 0 unspecified atom stereocenters. The zero-order chi connectivity index (χ0) is 17.4. The zero-order valence-corrected chi connectivity index (χ0v) is 13.9. The van der Waals surface area contributed by atoms with E-state index in [-0.39, 0.29) is 12.2 Å². The number of hydrogen-bond donors (Lipinski definition) is 2. The SMILES string of the molecule is O=C(COC(=O)c1cnccn1)NCC(=O)Nc1ccccc1Br. The van der Waals surface area contributed by atoms with Gasteiger partial charge in [-0.05, 0) is 28.1 Å². The van der Waals surface area contributed by atoms with Gasteiger partial charge in [-0.1, -0.05) is 12.1 Å². The third kappa shape index (κ3) is 5.43. The minimum absolute atomic E-state index is 0.00280. The molecule has 1 heterocycles. The van der Waals surface area contributed by atoms with Crippen molar-refractivity contribution in [3.8, 4) is 0 Å². The highest BCUT2D eigenvalue weighted by atomic mass is 79.9. The molecule has 0 aliphatic rings. The van der Waals surface area contributed by atoms with Crippen LogP contribution < -0.4 is 10.6 Å². The number of halogens is 1. The van der Waals surface area contributed by atoms with Gasteiger partial charge in [-0.25, -0.2) is 9.78 Å². The Hall–Kier alpha value is -2.81. The molecular formula is C15H13BrN4O4. The van der Waals surface area contributed by atoms with Crippen LogP contribution in [-0.2, 0) is 14.3 Å². The quantitative estimate of drug-likeness (QED) is 0.713. The van der Waals surface area contributed by atoms with Crippen LogP contribution in [0.25, 0.3) is 0 Å². The summed E-state index contributed by atoms with van der Waals surface area (Å²) in [5, 5.41) is 4.98. The summed E-state index contributed by atoms with van der Waals surface area (Å²) in [6, 6.07) is 7.07. The summed E-state index contributed by atoms with van der Waals surface area (Å²) >= 11 is 3.30. The molecule has 0 bridgehead atoms. The van der Waals surface area contributed by atoms with Gasteiger partial charge in [0.1, 0.15) is 0 Å². The topological polar surface area (TPSA) is 110 Å². The maximum atomic E-state index is 11.8. The number of carbonyl (C=O) groups is 3.